The lowest BCUT2D eigenvalue weighted by Crippen LogP contribution is -2.00. The molecule has 12 heavy (non-hydrogen) atoms. The zero-order valence-corrected chi connectivity index (χ0v) is 9.74. The van der Waals surface area contributed by atoms with Gasteiger partial charge in [0.25, 0.3) is 0 Å². The van der Waals surface area contributed by atoms with Gasteiger partial charge >= 0.3 is 0 Å². The Labute approximate surface area is 83.5 Å². The van der Waals surface area contributed by atoms with Crippen LogP contribution in [0.4, 0.5) is 0 Å². The van der Waals surface area contributed by atoms with Gasteiger partial charge in [-0.2, -0.15) is 12.6 Å². The summed E-state index contributed by atoms with van der Waals surface area (Å²) in [6.45, 7) is 6.91. The van der Waals surface area contributed by atoms with Crippen LogP contribution in [0, 0.1) is 11.8 Å². The Balaban J connectivity index is 3.31. The van der Waals surface area contributed by atoms with Crippen LogP contribution in [-0.4, -0.2) is 5.75 Å². The van der Waals surface area contributed by atoms with Crippen LogP contribution in [0.15, 0.2) is 0 Å². The second-order valence-electron chi connectivity index (χ2n) is 4.11. The van der Waals surface area contributed by atoms with Crippen LogP contribution >= 0.6 is 12.6 Å². The zero-order chi connectivity index (χ0) is 9.40. The van der Waals surface area contributed by atoms with Crippen LogP contribution < -0.4 is 0 Å². The molecule has 0 N–H and O–H groups in total. The number of rotatable bonds is 7. The molecule has 1 heteroatoms. The van der Waals surface area contributed by atoms with Gasteiger partial charge in [0.05, 0.1) is 0 Å². The molecule has 0 nitrogen and oxygen atoms in total. The molecule has 0 aliphatic rings. The maximum Gasteiger partial charge on any atom is -0.00953 e. The second kappa shape index (κ2) is 7.97. The predicted octanol–water partition coefficient (Wildman–Crippen LogP) is 4.16. The van der Waals surface area contributed by atoms with E-state index in [-0.39, 0.29) is 0 Å². The molecule has 1 unspecified atom stereocenters. The molecular weight excluding hydrogens is 164 g/mol. The Morgan fingerprint density at radius 1 is 1.08 bits per heavy atom. The van der Waals surface area contributed by atoms with Gasteiger partial charge in [0.1, 0.15) is 0 Å². The Kier molecular flexibility index (Phi) is 8.20. The largest absolute Gasteiger partial charge is 0.179 e. The fourth-order valence-electron chi connectivity index (χ4n) is 1.55. The summed E-state index contributed by atoms with van der Waals surface area (Å²) in [7, 11) is 0. The third-order valence-corrected chi connectivity index (χ3v) is 2.77. The summed E-state index contributed by atoms with van der Waals surface area (Å²) in [4.78, 5) is 0. The Morgan fingerprint density at radius 2 is 1.75 bits per heavy atom. The first-order valence-electron chi connectivity index (χ1n) is 5.31. The standard InChI is InChI=1S/C11H24S/c1-4-11(8-9-12)7-5-6-10(2)3/h10-12H,4-9H2,1-3H3. The average Bonchev–Trinajstić information content (AvgIpc) is 2.02. The molecule has 0 rings (SSSR count). The lowest BCUT2D eigenvalue weighted by molar-refractivity contribution is 0.414. The molecule has 0 aromatic carbocycles. The summed E-state index contributed by atoms with van der Waals surface area (Å²) in [5, 5.41) is 0. The zero-order valence-electron chi connectivity index (χ0n) is 8.84. The molecule has 0 saturated carbocycles. The average molecular weight is 188 g/mol. The van der Waals surface area contributed by atoms with Crippen LogP contribution in [0.1, 0.15) is 52.9 Å². The fraction of sp³-hybridized carbons (Fsp3) is 1.00. The maximum atomic E-state index is 4.28. The molecule has 0 aliphatic heterocycles. The van der Waals surface area contributed by atoms with Gasteiger partial charge in [-0.05, 0) is 24.0 Å². The summed E-state index contributed by atoms with van der Waals surface area (Å²) in [5.74, 6) is 2.86. The minimum absolute atomic E-state index is 0.874. The van der Waals surface area contributed by atoms with Gasteiger partial charge in [0, 0.05) is 0 Å². The van der Waals surface area contributed by atoms with E-state index in [9.17, 15) is 0 Å². The van der Waals surface area contributed by atoms with E-state index in [4.69, 9.17) is 0 Å². The van der Waals surface area contributed by atoms with E-state index in [1.54, 1.807) is 0 Å². The Bertz CT molecular complexity index is 89.0. The SMILES string of the molecule is CCC(CCS)CCCC(C)C. The quantitative estimate of drug-likeness (QED) is 0.570. The highest BCUT2D eigenvalue weighted by molar-refractivity contribution is 7.80. The molecule has 0 saturated heterocycles. The Morgan fingerprint density at radius 3 is 2.17 bits per heavy atom. The van der Waals surface area contributed by atoms with E-state index >= 15 is 0 Å². The molecule has 0 radical (unpaired) electrons. The van der Waals surface area contributed by atoms with Gasteiger partial charge in [-0.3, -0.25) is 0 Å². The first kappa shape index (κ1) is 12.3. The summed E-state index contributed by atoms with van der Waals surface area (Å²) in [5.41, 5.74) is 0. The van der Waals surface area contributed by atoms with Crippen molar-refractivity contribution in [1.29, 1.82) is 0 Å². The van der Waals surface area contributed by atoms with Crippen molar-refractivity contribution < 1.29 is 0 Å². The van der Waals surface area contributed by atoms with Crippen LogP contribution in [0.5, 0.6) is 0 Å². The van der Waals surface area contributed by atoms with E-state index in [2.05, 4.69) is 33.4 Å². The van der Waals surface area contributed by atoms with Gasteiger partial charge in [-0.15, -0.1) is 0 Å². The molecule has 0 bridgehead atoms. The molecule has 0 amide bonds. The molecule has 0 aromatic rings. The van der Waals surface area contributed by atoms with Crippen LogP contribution in [0.3, 0.4) is 0 Å². The van der Waals surface area contributed by atoms with Crippen molar-refractivity contribution >= 4 is 12.6 Å². The van der Waals surface area contributed by atoms with Crippen LogP contribution in [0.2, 0.25) is 0 Å². The summed E-state index contributed by atoms with van der Waals surface area (Å²) < 4.78 is 0. The smallest absolute Gasteiger partial charge is 0.00953 e. The number of thiol groups is 1. The monoisotopic (exact) mass is 188 g/mol. The molecule has 0 spiro atoms. The van der Waals surface area contributed by atoms with Gasteiger partial charge in [-0.25, -0.2) is 0 Å². The molecule has 74 valence electrons. The van der Waals surface area contributed by atoms with Crippen molar-refractivity contribution in [2.75, 3.05) is 5.75 Å². The van der Waals surface area contributed by atoms with E-state index in [1.807, 2.05) is 0 Å². The van der Waals surface area contributed by atoms with E-state index in [0.29, 0.717) is 0 Å². The molecule has 0 heterocycles. The fourth-order valence-corrected chi connectivity index (χ4v) is 1.92. The van der Waals surface area contributed by atoms with Crippen molar-refractivity contribution in [2.24, 2.45) is 11.8 Å². The lowest BCUT2D eigenvalue weighted by atomic mass is 9.94. The van der Waals surface area contributed by atoms with E-state index < -0.39 is 0 Å². The minimum atomic E-state index is 0.874. The van der Waals surface area contributed by atoms with Crippen molar-refractivity contribution in [3.05, 3.63) is 0 Å². The highest BCUT2D eigenvalue weighted by Gasteiger charge is 2.04. The minimum Gasteiger partial charge on any atom is -0.179 e. The van der Waals surface area contributed by atoms with E-state index in [1.165, 1.54) is 32.1 Å². The second-order valence-corrected chi connectivity index (χ2v) is 4.56. The van der Waals surface area contributed by atoms with Crippen molar-refractivity contribution in [3.8, 4) is 0 Å². The molecule has 0 fully saturated rings. The van der Waals surface area contributed by atoms with Gasteiger partial charge < -0.3 is 0 Å². The van der Waals surface area contributed by atoms with Crippen molar-refractivity contribution in [2.45, 2.75) is 52.9 Å². The van der Waals surface area contributed by atoms with Gasteiger partial charge in [0.2, 0.25) is 0 Å². The van der Waals surface area contributed by atoms with Crippen LogP contribution in [-0.2, 0) is 0 Å². The first-order chi connectivity index (χ1) is 5.70. The summed E-state index contributed by atoms with van der Waals surface area (Å²) in [6.07, 6.45) is 6.85. The van der Waals surface area contributed by atoms with Gasteiger partial charge in [0.15, 0.2) is 0 Å². The first-order valence-corrected chi connectivity index (χ1v) is 5.94. The lowest BCUT2D eigenvalue weighted by Gasteiger charge is -2.13. The van der Waals surface area contributed by atoms with Crippen molar-refractivity contribution in [1.82, 2.24) is 0 Å². The normalized spacial score (nSPS) is 13.8. The Hall–Kier alpha value is 0.350. The van der Waals surface area contributed by atoms with Crippen molar-refractivity contribution in [3.63, 3.8) is 0 Å². The molecular formula is C11H24S. The van der Waals surface area contributed by atoms with Crippen LogP contribution in [0.25, 0.3) is 0 Å². The van der Waals surface area contributed by atoms with E-state index in [0.717, 1.165) is 17.6 Å². The highest BCUT2D eigenvalue weighted by atomic mass is 32.1. The maximum absolute atomic E-state index is 4.28. The highest BCUT2D eigenvalue weighted by Crippen LogP contribution is 2.18. The molecule has 0 aliphatic carbocycles. The third kappa shape index (κ3) is 7.02. The third-order valence-electron chi connectivity index (χ3n) is 2.51. The summed E-state index contributed by atoms with van der Waals surface area (Å²) >= 11 is 4.28. The molecule has 1 atom stereocenters. The molecule has 0 aromatic heterocycles. The topological polar surface area (TPSA) is 0 Å². The number of hydrogen-bond donors (Lipinski definition) is 1. The van der Waals surface area contributed by atoms with Gasteiger partial charge in [-0.1, -0.05) is 46.5 Å². The predicted molar refractivity (Wildman–Crippen MR) is 60.9 cm³/mol. The number of hydrogen-bond acceptors (Lipinski definition) is 1. The summed E-state index contributed by atoms with van der Waals surface area (Å²) in [6, 6.07) is 0.